The topological polar surface area (TPSA) is 17.1 Å². The Morgan fingerprint density at radius 2 is 2.00 bits per heavy atom. The van der Waals surface area contributed by atoms with Crippen LogP contribution in [0.15, 0.2) is 30.8 Å². The Morgan fingerprint density at radius 1 is 1.36 bits per heavy atom. The van der Waals surface area contributed by atoms with Gasteiger partial charge in [-0.15, -0.1) is 0 Å². The number of carbonyl (C=O) groups excluding carboxylic acids is 1. The Bertz CT molecular complexity index is 246. The highest BCUT2D eigenvalue weighted by Gasteiger charge is 1.90. The molecule has 1 nitrogen and oxygen atoms in total. The number of benzene rings is 1. The van der Waals surface area contributed by atoms with Gasteiger partial charge in [-0.05, 0) is 11.1 Å². The second kappa shape index (κ2) is 3.71. The Hall–Kier alpha value is -1.37. The molecule has 0 saturated heterocycles. The molecule has 55 valence electrons. The third-order valence-corrected chi connectivity index (χ3v) is 1.49. The highest BCUT2D eigenvalue weighted by molar-refractivity contribution is 5.56. The number of hydrogen-bond acceptors (Lipinski definition) is 1. The van der Waals surface area contributed by atoms with E-state index in [9.17, 15) is 4.79 Å². The molecule has 0 aromatic heterocycles. The van der Waals surface area contributed by atoms with Crippen LogP contribution in [0.3, 0.4) is 0 Å². The van der Waals surface area contributed by atoms with Crippen LogP contribution in [0.1, 0.15) is 11.1 Å². The summed E-state index contributed by atoms with van der Waals surface area (Å²) >= 11 is 0. The van der Waals surface area contributed by atoms with E-state index in [1.807, 2.05) is 30.6 Å². The van der Waals surface area contributed by atoms with Crippen molar-refractivity contribution in [2.75, 3.05) is 0 Å². The summed E-state index contributed by atoms with van der Waals surface area (Å²) in [6.07, 6.45) is 3.99. The minimum Gasteiger partial charge on any atom is -0.291 e. The molecule has 11 heavy (non-hydrogen) atoms. The molecule has 0 aliphatic heterocycles. The Kier molecular flexibility index (Phi) is 2.61. The minimum absolute atomic E-state index is 0.372. The van der Waals surface area contributed by atoms with Crippen molar-refractivity contribution in [1.82, 2.24) is 0 Å². The molecular weight excluding hydrogens is 136 g/mol. The predicted molar refractivity (Wildman–Crippen MR) is 45.9 cm³/mol. The summed E-state index contributed by atoms with van der Waals surface area (Å²) in [5.74, 6) is 0. The molecule has 1 aromatic rings. The van der Waals surface area contributed by atoms with E-state index in [0.717, 1.165) is 11.1 Å². The van der Waals surface area contributed by atoms with Crippen LogP contribution in [0.2, 0.25) is 0 Å². The molecule has 0 amide bonds. The average Bonchev–Trinajstić information content (AvgIpc) is 2.07. The van der Waals surface area contributed by atoms with Gasteiger partial charge in [0.15, 0.2) is 0 Å². The summed E-state index contributed by atoms with van der Waals surface area (Å²) < 4.78 is 0. The van der Waals surface area contributed by atoms with Gasteiger partial charge in [-0.3, -0.25) is 4.79 Å². The summed E-state index contributed by atoms with van der Waals surface area (Å²) in [5, 5.41) is 0. The van der Waals surface area contributed by atoms with Gasteiger partial charge < -0.3 is 0 Å². The molecule has 0 spiro atoms. The van der Waals surface area contributed by atoms with Crippen molar-refractivity contribution >= 4 is 12.4 Å². The first kappa shape index (κ1) is 7.73. The highest BCUT2D eigenvalue weighted by Crippen LogP contribution is 2.04. The third-order valence-electron chi connectivity index (χ3n) is 1.49. The van der Waals surface area contributed by atoms with E-state index in [2.05, 4.69) is 6.58 Å². The summed E-state index contributed by atoms with van der Waals surface area (Å²) in [7, 11) is 0. The fraction of sp³-hybridized carbons (Fsp3) is 0.100. The van der Waals surface area contributed by atoms with Crippen LogP contribution in [-0.2, 0) is 11.2 Å². The van der Waals surface area contributed by atoms with Crippen LogP contribution in [0, 0.1) is 0 Å². The zero-order valence-electron chi connectivity index (χ0n) is 6.21. The molecule has 1 aromatic carbocycles. The molecule has 0 N–H and O–H groups in total. The van der Waals surface area contributed by atoms with E-state index in [1.54, 1.807) is 6.08 Å². The van der Waals surface area contributed by atoms with Gasteiger partial charge in [0.1, 0.15) is 0 Å². The van der Waals surface area contributed by atoms with Gasteiger partial charge in [0.2, 0.25) is 6.29 Å². The van der Waals surface area contributed by atoms with E-state index < -0.39 is 0 Å². The van der Waals surface area contributed by atoms with Crippen molar-refractivity contribution in [2.45, 2.75) is 6.42 Å². The SMILES string of the molecule is C=Cc1ccc(C[C]=O)cc1. The van der Waals surface area contributed by atoms with Crippen molar-refractivity contribution in [3.63, 3.8) is 0 Å². The molecular formula is C10H9O. The summed E-state index contributed by atoms with van der Waals surface area (Å²) in [6.45, 7) is 3.63. The quantitative estimate of drug-likeness (QED) is 0.635. The summed E-state index contributed by atoms with van der Waals surface area (Å²) in [4.78, 5) is 9.98. The first-order valence-electron chi connectivity index (χ1n) is 3.43. The lowest BCUT2D eigenvalue weighted by atomic mass is 10.1. The highest BCUT2D eigenvalue weighted by atomic mass is 16.1. The van der Waals surface area contributed by atoms with Crippen molar-refractivity contribution < 1.29 is 4.79 Å². The molecule has 0 atom stereocenters. The van der Waals surface area contributed by atoms with Gasteiger partial charge in [0, 0.05) is 6.42 Å². The molecule has 0 bridgehead atoms. The number of hydrogen-bond donors (Lipinski definition) is 0. The summed E-state index contributed by atoms with van der Waals surface area (Å²) in [6, 6.07) is 7.67. The smallest absolute Gasteiger partial charge is 0.203 e. The maximum atomic E-state index is 9.98. The minimum atomic E-state index is 0.372. The van der Waals surface area contributed by atoms with E-state index >= 15 is 0 Å². The van der Waals surface area contributed by atoms with Gasteiger partial charge in [-0.2, -0.15) is 0 Å². The molecule has 1 radical (unpaired) electrons. The molecule has 0 aliphatic carbocycles. The number of rotatable bonds is 3. The molecule has 1 rings (SSSR count). The molecule has 0 saturated carbocycles. The average molecular weight is 145 g/mol. The summed E-state index contributed by atoms with van der Waals surface area (Å²) in [5.41, 5.74) is 2.06. The normalized spacial score (nSPS) is 9.09. The third kappa shape index (κ3) is 2.04. The maximum Gasteiger partial charge on any atom is 0.203 e. The van der Waals surface area contributed by atoms with Crippen molar-refractivity contribution in [1.29, 1.82) is 0 Å². The van der Waals surface area contributed by atoms with Crippen LogP contribution in [0.4, 0.5) is 0 Å². The van der Waals surface area contributed by atoms with Crippen LogP contribution in [0.5, 0.6) is 0 Å². The zero-order chi connectivity index (χ0) is 8.10. The van der Waals surface area contributed by atoms with Gasteiger partial charge in [0.05, 0.1) is 0 Å². The fourth-order valence-electron chi connectivity index (χ4n) is 0.855. The van der Waals surface area contributed by atoms with Crippen LogP contribution in [-0.4, -0.2) is 6.29 Å². The largest absolute Gasteiger partial charge is 0.291 e. The Balaban J connectivity index is 2.81. The monoisotopic (exact) mass is 145 g/mol. The zero-order valence-corrected chi connectivity index (χ0v) is 6.21. The predicted octanol–water partition coefficient (Wildman–Crippen LogP) is 1.98. The lowest BCUT2D eigenvalue weighted by molar-refractivity contribution is 0.555. The molecule has 0 heterocycles. The maximum absolute atomic E-state index is 9.98. The van der Waals surface area contributed by atoms with Crippen molar-refractivity contribution in [3.8, 4) is 0 Å². The standard InChI is InChI=1S/C10H9O/c1-2-9-3-5-10(6-4-9)7-8-11/h2-6H,1,7H2. The first-order valence-corrected chi connectivity index (χ1v) is 3.43. The van der Waals surface area contributed by atoms with E-state index in [-0.39, 0.29) is 0 Å². The van der Waals surface area contributed by atoms with Gasteiger partial charge in [-0.25, -0.2) is 0 Å². The van der Waals surface area contributed by atoms with Crippen molar-refractivity contribution in [3.05, 3.63) is 42.0 Å². The van der Waals surface area contributed by atoms with E-state index in [0.29, 0.717) is 6.42 Å². The lowest BCUT2D eigenvalue weighted by Gasteiger charge is -1.94. The Labute approximate surface area is 66.4 Å². The van der Waals surface area contributed by atoms with Crippen LogP contribution >= 0.6 is 0 Å². The second-order valence-electron chi connectivity index (χ2n) is 2.27. The second-order valence-corrected chi connectivity index (χ2v) is 2.27. The molecule has 0 unspecified atom stereocenters. The van der Waals surface area contributed by atoms with Crippen LogP contribution in [0.25, 0.3) is 6.08 Å². The van der Waals surface area contributed by atoms with Crippen LogP contribution < -0.4 is 0 Å². The van der Waals surface area contributed by atoms with E-state index in [4.69, 9.17) is 0 Å². The van der Waals surface area contributed by atoms with E-state index in [1.165, 1.54) is 0 Å². The van der Waals surface area contributed by atoms with Gasteiger partial charge >= 0.3 is 0 Å². The lowest BCUT2D eigenvalue weighted by Crippen LogP contribution is -1.84. The van der Waals surface area contributed by atoms with Crippen molar-refractivity contribution in [2.24, 2.45) is 0 Å². The van der Waals surface area contributed by atoms with Gasteiger partial charge in [-0.1, -0.05) is 36.9 Å². The Morgan fingerprint density at radius 3 is 2.45 bits per heavy atom. The molecule has 1 heteroatoms. The molecule has 0 fully saturated rings. The van der Waals surface area contributed by atoms with Gasteiger partial charge in [0.25, 0.3) is 0 Å². The fourth-order valence-corrected chi connectivity index (χ4v) is 0.855. The first-order chi connectivity index (χ1) is 5.36. The molecule has 0 aliphatic rings.